The third kappa shape index (κ3) is 3.56. The summed E-state index contributed by atoms with van der Waals surface area (Å²) in [6, 6.07) is 10.5. The number of hydrogen-bond donors (Lipinski definition) is 0. The molecule has 0 aromatic heterocycles. The van der Waals surface area contributed by atoms with Gasteiger partial charge >= 0.3 is 79.9 Å². The van der Waals surface area contributed by atoms with Crippen molar-refractivity contribution in [1.29, 1.82) is 0 Å². The van der Waals surface area contributed by atoms with Crippen LogP contribution in [0.4, 0.5) is 0 Å². The van der Waals surface area contributed by atoms with Crippen LogP contribution in [0.15, 0.2) is 53.5 Å². The second-order valence-electron chi connectivity index (χ2n) is 2.58. The third-order valence-corrected chi connectivity index (χ3v) is 3.01. The summed E-state index contributed by atoms with van der Waals surface area (Å²) < 4.78 is 1.41. The van der Waals surface area contributed by atoms with Crippen LogP contribution in [-0.2, 0) is 0 Å². The quantitative estimate of drug-likeness (QED) is 0.543. The second kappa shape index (κ2) is 4.97. The molecule has 0 unspecified atom stereocenters. The molecule has 0 heterocycles. The van der Waals surface area contributed by atoms with Gasteiger partial charge in [-0.3, -0.25) is 0 Å². The van der Waals surface area contributed by atoms with E-state index in [1.807, 2.05) is 13.0 Å². The van der Waals surface area contributed by atoms with E-state index in [4.69, 9.17) is 0 Å². The van der Waals surface area contributed by atoms with Crippen LogP contribution in [0.2, 0.25) is 0 Å². The average Bonchev–Trinajstić information content (AvgIpc) is 2.05. The summed E-state index contributed by atoms with van der Waals surface area (Å²) in [4.78, 5) is 2.20. The molecule has 1 rings (SSSR count). The molecule has 0 radical (unpaired) electrons. The fraction of sp³-hybridized carbons (Fsp3) is 0.0909. The Morgan fingerprint density at radius 1 is 1.33 bits per heavy atom. The summed E-state index contributed by atoms with van der Waals surface area (Å²) in [6.07, 6.45) is 2.08. The number of rotatable bonds is 3. The van der Waals surface area contributed by atoms with E-state index in [1.54, 1.807) is 0 Å². The van der Waals surface area contributed by atoms with E-state index in [0.29, 0.717) is 15.0 Å². The Labute approximate surface area is 80.2 Å². The zero-order valence-electron chi connectivity index (χ0n) is 7.16. The molecule has 0 aliphatic heterocycles. The van der Waals surface area contributed by atoms with Gasteiger partial charge in [-0.1, -0.05) is 0 Å². The van der Waals surface area contributed by atoms with Gasteiger partial charge in [0.25, 0.3) is 0 Å². The standard InChI is InChI=1S/C11H12Se/c1-10(2)8-9-12-11-6-4-3-5-7-11/h3-9H,1H2,2H3/b9-8+. The van der Waals surface area contributed by atoms with Crippen molar-refractivity contribution in [2.75, 3.05) is 0 Å². The second-order valence-corrected chi connectivity index (χ2v) is 4.63. The molecule has 0 atom stereocenters. The van der Waals surface area contributed by atoms with Gasteiger partial charge in [0.1, 0.15) is 0 Å². The van der Waals surface area contributed by atoms with Gasteiger partial charge < -0.3 is 0 Å². The van der Waals surface area contributed by atoms with E-state index in [9.17, 15) is 0 Å². The van der Waals surface area contributed by atoms with Crippen molar-refractivity contribution in [3.05, 3.63) is 53.5 Å². The minimum atomic E-state index is 0.459. The molecular weight excluding hydrogens is 211 g/mol. The Balaban J connectivity index is 2.49. The van der Waals surface area contributed by atoms with Gasteiger partial charge in [-0.2, -0.15) is 0 Å². The van der Waals surface area contributed by atoms with Crippen molar-refractivity contribution in [1.82, 2.24) is 0 Å². The monoisotopic (exact) mass is 224 g/mol. The number of hydrogen-bond acceptors (Lipinski definition) is 0. The van der Waals surface area contributed by atoms with Crippen molar-refractivity contribution < 1.29 is 0 Å². The Kier molecular flexibility index (Phi) is 3.86. The first-order valence-electron chi connectivity index (χ1n) is 3.83. The van der Waals surface area contributed by atoms with Gasteiger partial charge in [-0.15, -0.1) is 0 Å². The molecule has 0 N–H and O–H groups in total. The SMILES string of the molecule is C=C(C)/C=C/[Se]c1ccccc1. The van der Waals surface area contributed by atoms with Gasteiger partial charge in [0.15, 0.2) is 0 Å². The van der Waals surface area contributed by atoms with Crippen molar-refractivity contribution in [3.63, 3.8) is 0 Å². The van der Waals surface area contributed by atoms with Crippen molar-refractivity contribution in [3.8, 4) is 0 Å². The van der Waals surface area contributed by atoms with Crippen LogP contribution in [0.5, 0.6) is 0 Å². The van der Waals surface area contributed by atoms with E-state index < -0.39 is 0 Å². The Morgan fingerprint density at radius 2 is 2.00 bits per heavy atom. The van der Waals surface area contributed by atoms with Crippen LogP contribution in [0, 0.1) is 0 Å². The number of allylic oxidation sites excluding steroid dienone is 2. The van der Waals surface area contributed by atoms with Crippen LogP contribution < -0.4 is 4.46 Å². The van der Waals surface area contributed by atoms with Crippen LogP contribution in [-0.4, -0.2) is 15.0 Å². The molecule has 62 valence electrons. The van der Waals surface area contributed by atoms with Crippen LogP contribution >= 0.6 is 0 Å². The zero-order chi connectivity index (χ0) is 8.81. The Morgan fingerprint density at radius 3 is 2.58 bits per heavy atom. The Bertz CT molecular complexity index is 272. The molecule has 0 saturated heterocycles. The summed E-state index contributed by atoms with van der Waals surface area (Å²) in [7, 11) is 0. The topological polar surface area (TPSA) is 0 Å². The van der Waals surface area contributed by atoms with Gasteiger partial charge in [-0.25, -0.2) is 0 Å². The third-order valence-electron chi connectivity index (χ3n) is 1.30. The first-order valence-corrected chi connectivity index (χ1v) is 5.67. The fourth-order valence-corrected chi connectivity index (χ4v) is 2.35. The summed E-state index contributed by atoms with van der Waals surface area (Å²) in [5, 5.41) is 0. The van der Waals surface area contributed by atoms with Gasteiger partial charge in [0, 0.05) is 0 Å². The van der Waals surface area contributed by atoms with Crippen molar-refractivity contribution >= 4 is 19.4 Å². The average molecular weight is 223 g/mol. The molecule has 0 spiro atoms. The molecule has 0 amide bonds. The molecule has 0 saturated carbocycles. The van der Waals surface area contributed by atoms with Crippen LogP contribution in [0.1, 0.15) is 6.92 Å². The predicted octanol–water partition coefficient (Wildman–Crippen LogP) is 2.11. The van der Waals surface area contributed by atoms with E-state index >= 15 is 0 Å². The predicted molar refractivity (Wildman–Crippen MR) is 55.8 cm³/mol. The van der Waals surface area contributed by atoms with Crippen LogP contribution in [0.25, 0.3) is 0 Å². The molecule has 0 fully saturated rings. The van der Waals surface area contributed by atoms with E-state index in [-0.39, 0.29) is 0 Å². The molecule has 1 aromatic carbocycles. The minimum absolute atomic E-state index is 0.459. The summed E-state index contributed by atoms with van der Waals surface area (Å²) in [5.74, 6) is 0. The molecule has 1 aromatic rings. The molecule has 0 bridgehead atoms. The first kappa shape index (κ1) is 9.31. The van der Waals surface area contributed by atoms with Crippen molar-refractivity contribution in [2.45, 2.75) is 6.92 Å². The summed E-state index contributed by atoms with van der Waals surface area (Å²) in [6.45, 7) is 5.82. The summed E-state index contributed by atoms with van der Waals surface area (Å²) in [5.41, 5.74) is 1.12. The zero-order valence-corrected chi connectivity index (χ0v) is 8.87. The van der Waals surface area contributed by atoms with E-state index in [2.05, 4.69) is 41.9 Å². The Hall–Kier alpha value is -0.781. The van der Waals surface area contributed by atoms with E-state index in [0.717, 1.165) is 5.57 Å². The molecule has 12 heavy (non-hydrogen) atoms. The number of benzene rings is 1. The van der Waals surface area contributed by atoms with Crippen LogP contribution in [0.3, 0.4) is 0 Å². The first-order chi connectivity index (χ1) is 5.79. The van der Waals surface area contributed by atoms with Gasteiger partial charge in [0.05, 0.1) is 0 Å². The normalized spacial score (nSPS) is 10.4. The molecule has 1 heteroatoms. The maximum absolute atomic E-state index is 3.81. The van der Waals surface area contributed by atoms with Crippen molar-refractivity contribution in [2.24, 2.45) is 0 Å². The van der Waals surface area contributed by atoms with Gasteiger partial charge in [-0.05, 0) is 0 Å². The maximum atomic E-state index is 3.81. The van der Waals surface area contributed by atoms with Gasteiger partial charge in [0.2, 0.25) is 0 Å². The molecular formula is C11H12Se. The fourth-order valence-electron chi connectivity index (χ4n) is 0.728. The molecule has 0 aliphatic rings. The molecule has 0 nitrogen and oxygen atoms in total. The molecule has 0 aliphatic carbocycles. The summed E-state index contributed by atoms with van der Waals surface area (Å²) >= 11 is 0.459. The van der Waals surface area contributed by atoms with E-state index in [1.165, 1.54) is 4.46 Å².